The fraction of sp³-hybridized carbons (Fsp3) is 0.167. The number of hydrogen-bond donors (Lipinski definition) is 2. The molecule has 3 rings (SSSR count). The average Bonchev–Trinajstić information content (AvgIpc) is 2.87. The molecule has 0 saturated carbocycles. The molecule has 1 fully saturated rings. The van der Waals surface area contributed by atoms with Gasteiger partial charge in [-0.25, -0.2) is 0 Å². The SMILES string of the molecule is Cc1cccc(Oc2ccc(NC(=O)C[C@@H]3SC(=O)NC3=O)cc2)c1. The van der Waals surface area contributed by atoms with Gasteiger partial charge in [-0.05, 0) is 48.9 Å². The Kier molecular flexibility index (Phi) is 5.04. The zero-order valence-electron chi connectivity index (χ0n) is 13.4. The molecule has 0 aliphatic carbocycles. The van der Waals surface area contributed by atoms with Crippen molar-refractivity contribution >= 4 is 34.5 Å². The van der Waals surface area contributed by atoms with E-state index in [2.05, 4.69) is 10.6 Å². The van der Waals surface area contributed by atoms with Crippen LogP contribution in [0, 0.1) is 6.92 Å². The van der Waals surface area contributed by atoms with Gasteiger partial charge in [-0.15, -0.1) is 0 Å². The first-order chi connectivity index (χ1) is 12.0. The van der Waals surface area contributed by atoms with Crippen LogP contribution in [0.2, 0.25) is 0 Å². The van der Waals surface area contributed by atoms with E-state index in [0.717, 1.165) is 23.1 Å². The van der Waals surface area contributed by atoms with Gasteiger partial charge in [-0.1, -0.05) is 23.9 Å². The molecule has 2 N–H and O–H groups in total. The first-order valence-corrected chi connectivity index (χ1v) is 8.53. The molecule has 0 spiro atoms. The second-order valence-electron chi connectivity index (χ2n) is 5.58. The first-order valence-electron chi connectivity index (χ1n) is 7.65. The largest absolute Gasteiger partial charge is 0.457 e. The van der Waals surface area contributed by atoms with E-state index in [4.69, 9.17) is 4.74 Å². The zero-order chi connectivity index (χ0) is 17.8. The molecule has 25 heavy (non-hydrogen) atoms. The fourth-order valence-electron chi connectivity index (χ4n) is 2.33. The smallest absolute Gasteiger partial charge is 0.286 e. The predicted octanol–water partition coefficient (Wildman–Crippen LogP) is 3.47. The van der Waals surface area contributed by atoms with Gasteiger partial charge in [0.25, 0.3) is 5.24 Å². The maximum Gasteiger partial charge on any atom is 0.286 e. The van der Waals surface area contributed by atoms with E-state index in [0.29, 0.717) is 11.4 Å². The van der Waals surface area contributed by atoms with Gasteiger partial charge in [0.2, 0.25) is 11.8 Å². The zero-order valence-corrected chi connectivity index (χ0v) is 14.3. The quantitative estimate of drug-likeness (QED) is 0.857. The highest BCUT2D eigenvalue weighted by atomic mass is 32.2. The van der Waals surface area contributed by atoms with Crippen molar-refractivity contribution in [3.8, 4) is 11.5 Å². The van der Waals surface area contributed by atoms with Crippen LogP contribution in [0.3, 0.4) is 0 Å². The van der Waals surface area contributed by atoms with E-state index in [-0.39, 0.29) is 12.3 Å². The molecule has 2 aromatic carbocycles. The molecule has 0 aromatic heterocycles. The molecular weight excluding hydrogens is 340 g/mol. The van der Waals surface area contributed by atoms with Crippen molar-refractivity contribution in [2.45, 2.75) is 18.6 Å². The van der Waals surface area contributed by atoms with Crippen molar-refractivity contribution in [1.29, 1.82) is 0 Å². The second-order valence-corrected chi connectivity index (χ2v) is 6.75. The summed E-state index contributed by atoms with van der Waals surface area (Å²) >= 11 is 0.837. The van der Waals surface area contributed by atoms with Gasteiger partial charge in [0.15, 0.2) is 0 Å². The third-order valence-electron chi connectivity index (χ3n) is 3.50. The highest BCUT2D eigenvalue weighted by Crippen LogP contribution is 2.25. The number of carbonyl (C=O) groups excluding carboxylic acids is 3. The van der Waals surface area contributed by atoms with Gasteiger partial charge in [-0.2, -0.15) is 0 Å². The molecule has 1 aliphatic heterocycles. The number of amides is 3. The lowest BCUT2D eigenvalue weighted by Gasteiger charge is -2.09. The summed E-state index contributed by atoms with van der Waals surface area (Å²) in [4.78, 5) is 34.6. The van der Waals surface area contributed by atoms with Crippen molar-refractivity contribution in [1.82, 2.24) is 5.32 Å². The summed E-state index contributed by atoms with van der Waals surface area (Å²) in [6, 6.07) is 14.6. The molecule has 128 valence electrons. The van der Waals surface area contributed by atoms with Gasteiger partial charge in [0.05, 0.1) is 0 Å². The van der Waals surface area contributed by atoms with Gasteiger partial charge in [0, 0.05) is 12.1 Å². The number of nitrogens with one attached hydrogen (secondary N) is 2. The summed E-state index contributed by atoms with van der Waals surface area (Å²) in [6.45, 7) is 1.99. The third-order valence-corrected chi connectivity index (χ3v) is 4.48. The van der Waals surface area contributed by atoms with Crippen LogP contribution in [0.5, 0.6) is 11.5 Å². The van der Waals surface area contributed by atoms with Crippen molar-refractivity contribution < 1.29 is 19.1 Å². The van der Waals surface area contributed by atoms with Crippen LogP contribution in [0.25, 0.3) is 0 Å². The standard InChI is InChI=1S/C18H16N2O4S/c1-11-3-2-4-14(9-11)24-13-7-5-12(6-8-13)19-16(21)10-15-17(22)20-18(23)25-15/h2-9,15H,10H2,1H3,(H,19,21)(H,20,22,23)/t15-/m0/s1. The summed E-state index contributed by atoms with van der Waals surface area (Å²) in [5.41, 5.74) is 1.70. The van der Waals surface area contributed by atoms with Crippen molar-refractivity contribution in [2.24, 2.45) is 0 Å². The molecular formula is C18H16N2O4S. The molecule has 2 aromatic rings. The Morgan fingerprint density at radius 1 is 1.16 bits per heavy atom. The van der Waals surface area contributed by atoms with Gasteiger partial charge < -0.3 is 10.1 Å². The summed E-state index contributed by atoms with van der Waals surface area (Å²) in [6.07, 6.45) is -0.0518. The maximum atomic E-state index is 12.0. The Bertz CT molecular complexity index is 820. The normalized spacial score (nSPS) is 16.4. The van der Waals surface area contributed by atoms with Gasteiger partial charge >= 0.3 is 0 Å². The molecule has 0 bridgehead atoms. The molecule has 7 heteroatoms. The fourth-order valence-corrected chi connectivity index (χ4v) is 3.15. The summed E-state index contributed by atoms with van der Waals surface area (Å²) in [5.74, 6) is 0.646. The second kappa shape index (κ2) is 7.40. The Balaban J connectivity index is 1.56. The van der Waals surface area contributed by atoms with Crippen molar-refractivity contribution in [3.63, 3.8) is 0 Å². The van der Waals surface area contributed by atoms with Crippen molar-refractivity contribution in [2.75, 3.05) is 5.32 Å². The number of anilines is 1. The highest BCUT2D eigenvalue weighted by Gasteiger charge is 2.33. The molecule has 0 radical (unpaired) electrons. The Morgan fingerprint density at radius 2 is 1.92 bits per heavy atom. The van der Waals surface area contributed by atoms with Crippen LogP contribution in [-0.2, 0) is 9.59 Å². The Labute approximate surface area is 148 Å². The van der Waals surface area contributed by atoms with E-state index >= 15 is 0 Å². The Morgan fingerprint density at radius 3 is 2.56 bits per heavy atom. The Hall–Kier alpha value is -2.80. The number of hydrogen-bond acceptors (Lipinski definition) is 5. The van der Waals surface area contributed by atoms with E-state index in [1.54, 1.807) is 24.3 Å². The molecule has 3 amide bonds. The number of thioether (sulfide) groups is 1. The number of rotatable bonds is 5. The summed E-state index contributed by atoms with van der Waals surface area (Å²) in [7, 11) is 0. The minimum absolute atomic E-state index is 0.0518. The third kappa shape index (κ3) is 4.60. The minimum atomic E-state index is -0.670. The van der Waals surface area contributed by atoms with Gasteiger partial charge in [0.1, 0.15) is 16.7 Å². The minimum Gasteiger partial charge on any atom is -0.457 e. The monoisotopic (exact) mass is 356 g/mol. The maximum absolute atomic E-state index is 12.0. The molecule has 1 atom stereocenters. The molecule has 1 aliphatic rings. The number of imide groups is 1. The number of ether oxygens (including phenoxy) is 1. The van der Waals surface area contributed by atoms with Crippen LogP contribution in [-0.4, -0.2) is 22.3 Å². The molecule has 6 nitrogen and oxygen atoms in total. The number of carbonyl (C=O) groups is 3. The van der Waals surface area contributed by atoms with Gasteiger partial charge in [-0.3, -0.25) is 19.7 Å². The lowest BCUT2D eigenvalue weighted by atomic mass is 10.2. The van der Waals surface area contributed by atoms with Crippen LogP contribution >= 0.6 is 11.8 Å². The lowest BCUT2D eigenvalue weighted by Crippen LogP contribution is -2.27. The highest BCUT2D eigenvalue weighted by molar-refractivity contribution is 8.15. The topological polar surface area (TPSA) is 84.5 Å². The van der Waals surface area contributed by atoms with Crippen LogP contribution in [0.1, 0.15) is 12.0 Å². The predicted molar refractivity (Wildman–Crippen MR) is 95.9 cm³/mol. The number of aryl methyl sites for hydroxylation is 1. The van der Waals surface area contributed by atoms with E-state index in [1.165, 1.54) is 0 Å². The number of benzene rings is 2. The average molecular weight is 356 g/mol. The molecule has 0 unspecified atom stereocenters. The van der Waals surface area contributed by atoms with Crippen LogP contribution < -0.4 is 15.4 Å². The summed E-state index contributed by atoms with van der Waals surface area (Å²) in [5, 5.41) is 3.78. The van der Waals surface area contributed by atoms with E-state index in [1.807, 2.05) is 31.2 Å². The lowest BCUT2D eigenvalue weighted by molar-refractivity contribution is -0.122. The first kappa shape index (κ1) is 17.0. The summed E-state index contributed by atoms with van der Waals surface area (Å²) < 4.78 is 5.75. The van der Waals surface area contributed by atoms with Crippen molar-refractivity contribution in [3.05, 3.63) is 54.1 Å². The molecule has 1 heterocycles. The molecule has 1 saturated heterocycles. The van der Waals surface area contributed by atoms with E-state index < -0.39 is 16.4 Å². The van der Waals surface area contributed by atoms with E-state index in [9.17, 15) is 14.4 Å². The van der Waals surface area contributed by atoms with Crippen LogP contribution in [0.4, 0.5) is 10.5 Å². The van der Waals surface area contributed by atoms with Crippen LogP contribution in [0.15, 0.2) is 48.5 Å².